The molecule has 2 aliphatic rings. The zero-order valence-electron chi connectivity index (χ0n) is 23.3. The first-order chi connectivity index (χ1) is 20.4. The fourth-order valence-corrected chi connectivity index (χ4v) is 5.36. The lowest BCUT2D eigenvalue weighted by atomic mass is 9.89. The average molecular weight is 572 g/mol. The number of nitrogens with one attached hydrogen (secondary N) is 2. The van der Waals surface area contributed by atoms with E-state index in [4.69, 9.17) is 23.7 Å². The standard InChI is InChI=1S/C31H29N3O8/c1-38-20-7-5-19(6-8-20)32-31(37)29(34-23(16-28(34)35)17-4-9-24(39-2)25(13-17)40-3)21-12-18-14-26-27(42-11-10-41-26)15-22(18)33-30(21)36/h4-9,12-15,23,29H,10-11,16H2,1-3H3,(H,32,37)(H,33,36). The Bertz CT molecular complexity index is 1730. The number of fused-ring (bicyclic) bond motifs is 2. The molecule has 1 saturated heterocycles. The molecule has 4 aromatic rings. The molecule has 216 valence electrons. The van der Waals surface area contributed by atoms with Gasteiger partial charge in [-0.05, 0) is 54.1 Å². The smallest absolute Gasteiger partial charge is 0.254 e. The SMILES string of the molecule is COc1ccc(NC(=O)C(c2cc3cc4c(cc3[nH]c2=O)OCCO4)N2C(=O)CC2c2ccc(OC)c(OC)c2)cc1. The molecule has 0 spiro atoms. The Kier molecular flexibility index (Phi) is 7.07. The fourth-order valence-electron chi connectivity index (χ4n) is 5.36. The highest BCUT2D eigenvalue weighted by Gasteiger charge is 2.46. The largest absolute Gasteiger partial charge is 0.497 e. The Morgan fingerprint density at radius 1 is 0.905 bits per heavy atom. The van der Waals surface area contributed by atoms with E-state index in [0.29, 0.717) is 58.6 Å². The Hall–Kier alpha value is -5.19. The number of H-pyrrole nitrogens is 1. The van der Waals surface area contributed by atoms with Crippen molar-refractivity contribution in [3.8, 4) is 28.7 Å². The molecule has 2 N–H and O–H groups in total. The summed E-state index contributed by atoms with van der Waals surface area (Å²) in [6.45, 7) is 0.805. The van der Waals surface area contributed by atoms with E-state index in [1.807, 2.05) is 6.07 Å². The van der Waals surface area contributed by atoms with Crippen LogP contribution in [0.4, 0.5) is 5.69 Å². The predicted octanol–water partition coefficient (Wildman–Crippen LogP) is 3.98. The number of nitrogens with zero attached hydrogens (tertiary/aromatic N) is 1. The molecule has 1 aromatic heterocycles. The molecule has 11 nitrogen and oxygen atoms in total. The number of aromatic nitrogens is 1. The third-order valence-corrected chi connectivity index (χ3v) is 7.50. The van der Waals surface area contributed by atoms with E-state index in [9.17, 15) is 14.4 Å². The Balaban J connectivity index is 1.44. The summed E-state index contributed by atoms with van der Waals surface area (Å²) in [5.74, 6) is 1.90. The number of carbonyl (C=O) groups excluding carboxylic acids is 2. The van der Waals surface area contributed by atoms with Crippen molar-refractivity contribution in [2.75, 3.05) is 39.9 Å². The van der Waals surface area contributed by atoms with Crippen molar-refractivity contribution in [3.05, 3.63) is 82.1 Å². The van der Waals surface area contributed by atoms with Gasteiger partial charge in [-0.2, -0.15) is 0 Å². The average Bonchev–Trinajstić information content (AvgIpc) is 3.01. The number of amides is 2. The maximum absolute atomic E-state index is 14.0. The lowest BCUT2D eigenvalue weighted by Crippen LogP contribution is -2.52. The number of benzene rings is 3. The first-order valence-corrected chi connectivity index (χ1v) is 13.3. The molecule has 0 radical (unpaired) electrons. The molecule has 0 aliphatic carbocycles. The molecule has 0 saturated carbocycles. The van der Waals surface area contributed by atoms with Gasteiger partial charge in [0.2, 0.25) is 5.91 Å². The van der Waals surface area contributed by atoms with Crippen molar-refractivity contribution >= 4 is 28.4 Å². The van der Waals surface area contributed by atoms with Gasteiger partial charge in [0.25, 0.3) is 11.5 Å². The summed E-state index contributed by atoms with van der Waals surface area (Å²) >= 11 is 0. The number of aromatic amines is 1. The first-order valence-electron chi connectivity index (χ1n) is 13.3. The van der Waals surface area contributed by atoms with Crippen LogP contribution in [0, 0.1) is 0 Å². The van der Waals surface area contributed by atoms with Gasteiger partial charge in [-0.3, -0.25) is 14.4 Å². The van der Waals surface area contributed by atoms with Crippen LogP contribution in [-0.4, -0.2) is 56.2 Å². The Morgan fingerprint density at radius 2 is 1.62 bits per heavy atom. The molecule has 0 bridgehead atoms. The zero-order valence-corrected chi connectivity index (χ0v) is 23.3. The molecular formula is C31H29N3O8. The lowest BCUT2D eigenvalue weighted by molar-refractivity contribution is -0.154. The van der Waals surface area contributed by atoms with E-state index in [1.165, 1.54) is 19.1 Å². The summed E-state index contributed by atoms with van der Waals surface area (Å²) in [5, 5.41) is 3.50. The van der Waals surface area contributed by atoms with Gasteiger partial charge < -0.3 is 38.9 Å². The summed E-state index contributed by atoms with van der Waals surface area (Å²) in [5.41, 5.74) is 1.36. The highest BCUT2D eigenvalue weighted by molar-refractivity contribution is 6.00. The highest BCUT2D eigenvalue weighted by atomic mass is 16.6. The van der Waals surface area contributed by atoms with Gasteiger partial charge in [0.05, 0.1) is 39.3 Å². The van der Waals surface area contributed by atoms with Crippen LogP contribution in [0.1, 0.15) is 29.6 Å². The maximum atomic E-state index is 14.0. The van der Waals surface area contributed by atoms with Gasteiger partial charge in [0.15, 0.2) is 23.0 Å². The molecule has 11 heteroatoms. The topological polar surface area (TPSA) is 128 Å². The second kappa shape index (κ2) is 11.0. The molecule has 2 unspecified atom stereocenters. The Labute approximate surface area is 240 Å². The van der Waals surface area contributed by atoms with Crippen LogP contribution in [0.25, 0.3) is 10.9 Å². The van der Waals surface area contributed by atoms with Gasteiger partial charge >= 0.3 is 0 Å². The van der Waals surface area contributed by atoms with Crippen LogP contribution in [0.5, 0.6) is 28.7 Å². The number of pyridine rings is 1. The van der Waals surface area contributed by atoms with Gasteiger partial charge in [-0.1, -0.05) is 6.07 Å². The number of rotatable bonds is 8. The number of likely N-dealkylation sites (tertiary alicyclic amines) is 1. The molecular weight excluding hydrogens is 542 g/mol. The second-order valence-corrected chi connectivity index (χ2v) is 9.89. The minimum absolute atomic E-state index is 0.115. The molecule has 3 heterocycles. The summed E-state index contributed by atoms with van der Waals surface area (Å²) in [6.07, 6.45) is 0.159. The van der Waals surface area contributed by atoms with E-state index < -0.39 is 23.6 Å². The minimum atomic E-state index is -1.24. The van der Waals surface area contributed by atoms with Gasteiger partial charge in [-0.15, -0.1) is 0 Å². The van der Waals surface area contributed by atoms with Crippen LogP contribution in [0.2, 0.25) is 0 Å². The lowest BCUT2D eigenvalue weighted by Gasteiger charge is -2.45. The number of ether oxygens (including phenoxy) is 5. The molecule has 2 amide bonds. The quantitative estimate of drug-likeness (QED) is 0.304. The molecule has 6 rings (SSSR count). The third kappa shape index (κ3) is 4.83. The highest BCUT2D eigenvalue weighted by Crippen LogP contribution is 2.44. The van der Waals surface area contributed by atoms with Crippen LogP contribution < -0.4 is 34.6 Å². The fraction of sp³-hybridized carbons (Fsp3) is 0.258. The van der Waals surface area contributed by atoms with Crippen molar-refractivity contribution in [2.24, 2.45) is 0 Å². The van der Waals surface area contributed by atoms with Crippen LogP contribution in [-0.2, 0) is 9.59 Å². The Morgan fingerprint density at radius 3 is 2.29 bits per heavy atom. The molecule has 2 aliphatic heterocycles. The normalized spacial score (nSPS) is 16.4. The van der Waals surface area contributed by atoms with Crippen molar-refractivity contribution in [2.45, 2.75) is 18.5 Å². The van der Waals surface area contributed by atoms with E-state index in [-0.39, 0.29) is 17.9 Å². The monoisotopic (exact) mass is 571 g/mol. The molecule has 1 fully saturated rings. The van der Waals surface area contributed by atoms with Crippen LogP contribution >= 0.6 is 0 Å². The maximum Gasteiger partial charge on any atom is 0.254 e. The zero-order chi connectivity index (χ0) is 29.4. The first kappa shape index (κ1) is 27.0. The van der Waals surface area contributed by atoms with E-state index in [0.717, 1.165) is 5.56 Å². The van der Waals surface area contributed by atoms with Gasteiger partial charge in [-0.25, -0.2) is 0 Å². The van der Waals surface area contributed by atoms with E-state index >= 15 is 0 Å². The van der Waals surface area contributed by atoms with Crippen LogP contribution in [0.15, 0.2) is 65.5 Å². The van der Waals surface area contributed by atoms with Crippen molar-refractivity contribution in [1.29, 1.82) is 0 Å². The molecule has 3 aromatic carbocycles. The van der Waals surface area contributed by atoms with E-state index in [1.54, 1.807) is 61.7 Å². The van der Waals surface area contributed by atoms with Crippen LogP contribution in [0.3, 0.4) is 0 Å². The summed E-state index contributed by atoms with van der Waals surface area (Å²) < 4.78 is 27.4. The van der Waals surface area contributed by atoms with Gasteiger partial charge in [0, 0.05) is 22.7 Å². The number of hydrogen-bond acceptors (Lipinski definition) is 8. The van der Waals surface area contributed by atoms with Crippen molar-refractivity contribution in [3.63, 3.8) is 0 Å². The summed E-state index contributed by atoms with van der Waals surface area (Å²) in [7, 11) is 4.61. The van der Waals surface area contributed by atoms with Crippen molar-refractivity contribution in [1.82, 2.24) is 9.88 Å². The predicted molar refractivity (Wildman–Crippen MR) is 154 cm³/mol. The summed E-state index contributed by atoms with van der Waals surface area (Å²) in [6, 6.07) is 15.5. The summed E-state index contributed by atoms with van der Waals surface area (Å²) in [4.78, 5) is 45.1. The molecule has 42 heavy (non-hydrogen) atoms. The second-order valence-electron chi connectivity index (χ2n) is 9.89. The number of anilines is 1. The molecule has 2 atom stereocenters. The van der Waals surface area contributed by atoms with Crippen molar-refractivity contribution < 1.29 is 33.3 Å². The number of hydrogen-bond donors (Lipinski definition) is 2. The minimum Gasteiger partial charge on any atom is -0.497 e. The number of carbonyl (C=O) groups is 2. The number of β-lactam (4-membered cyclic amide) rings is 1. The van der Waals surface area contributed by atoms with E-state index in [2.05, 4.69) is 10.3 Å². The van der Waals surface area contributed by atoms with Gasteiger partial charge in [0.1, 0.15) is 25.0 Å². The third-order valence-electron chi connectivity index (χ3n) is 7.50. The number of methoxy groups -OCH3 is 3.